The predicted molar refractivity (Wildman–Crippen MR) is 98.3 cm³/mol. The normalized spacial score (nSPS) is 15.4. The van der Waals surface area contributed by atoms with Crippen LogP contribution in [0.3, 0.4) is 0 Å². The molecule has 27 heavy (non-hydrogen) atoms. The van der Waals surface area contributed by atoms with E-state index >= 15 is 0 Å². The van der Waals surface area contributed by atoms with Gasteiger partial charge in [-0.2, -0.15) is 0 Å². The average molecular weight is 369 g/mol. The van der Waals surface area contributed by atoms with Crippen molar-refractivity contribution in [2.75, 3.05) is 23.8 Å². The number of rotatable bonds is 4. The van der Waals surface area contributed by atoms with Crippen LogP contribution in [0.4, 0.5) is 11.4 Å². The minimum Gasteiger partial charge on any atom is -0.477 e. The first-order chi connectivity index (χ1) is 12.9. The van der Waals surface area contributed by atoms with Crippen molar-refractivity contribution in [3.05, 3.63) is 53.6 Å². The number of primary amides is 1. The number of esters is 1. The Labute approximate surface area is 155 Å². The van der Waals surface area contributed by atoms with Crippen LogP contribution in [-0.4, -0.2) is 37.0 Å². The molecule has 2 aromatic rings. The number of anilines is 2. The first-order valence-corrected chi connectivity index (χ1v) is 8.26. The monoisotopic (exact) mass is 369 g/mol. The summed E-state index contributed by atoms with van der Waals surface area (Å²) >= 11 is 0. The SMILES string of the molecule is Cc1cccc(C(=O)OCC(=O)N2CC(C(N)=O)Oc3ccccc32)c1N. The fraction of sp³-hybridized carbons (Fsp3) is 0.211. The number of nitrogen functional groups attached to an aromatic ring is 1. The molecule has 140 valence electrons. The first-order valence-electron chi connectivity index (χ1n) is 8.26. The largest absolute Gasteiger partial charge is 0.477 e. The highest BCUT2D eigenvalue weighted by Crippen LogP contribution is 2.33. The van der Waals surface area contributed by atoms with E-state index in [2.05, 4.69) is 0 Å². The highest BCUT2D eigenvalue weighted by molar-refractivity contribution is 6.01. The van der Waals surface area contributed by atoms with Gasteiger partial charge in [0.25, 0.3) is 11.8 Å². The van der Waals surface area contributed by atoms with Crippen LogP contribution in [0.1, 0.15) is 15.9 Å². The molecule has 0 saturated heterocycles. The highest BCUT2D eigenvalue weighted by Gasteiger charge is 2.33. The van der Waals surface area contributed by atoms with Gasteiger partial charge in [0.1, 0.15) is 5.75 Å². The summed E-state index contributed by atoms with van der Waals surface area (Å²) in [5.41, 5.74) is 12.9. The number of amides is 2. The highest BCUT2D eigenvalue weighted by atomic mass is 16.5. The minimum absolute atomic E-state index is 0.0602. The van der Waals surface area contributed by atoms with Gasteiger partial charge in [-0.15, -0.1) is 0 Å². The zero-order valence-corrected chi connectivity index (χ0v) is 14.7. The van der Waals surface area contributed by atoms with E-state index in [1.54, 1.807) is 43.3 Å². The van der Waals surface area contributed by atoms with Gasteiger partial charge in [-0.25, -0.2) is 4.79 Å². The molecular weight excluding hydrogens is 350 g/mol. The molecule has 8 nitrogen and oxygen atoms in total. The number of para-hydroxylation sites is 3. The maximum Gasteiger partial charge on any atom is 0.340 e. The van der Waals surface area contributed by atoms with Gasteiger partial charge in [0.15, 0.2) is 12.7 Å². The zero-order chi connectivity index (χ0) is 19.6. The average Bonchev–Trinajstić information content (AvgIpc) is 2.67. The van der Waals surface area contributed by atoms with Gasteiger partial charge in [-0.05, 0) is 30.7 Å². The molecule has 4 N–H and O–H groups in total. The molecule has 0 aliphatic carbocycles. The van der Waals surface area contributed by atoms with Crippen molar-refractivity contribution in [1.29, 1.82) is 0 Å². The first kappa shape index (κ1) is 18.2. The van der Waals surface area contributed by atoms with Gasteiger partial charge in [0, 0.05) is 5.69 Å². The van der Waals surface area contributed by atoms with E-state index in [-0.39, 0.29) is 12.1 Å². The number of hydrogen-bond donors (Lipinski definition) is 2. The van der Waals surface area contributed by atoms with Gasteiger partial charge < -0.3 is 25.8 Å². The van der Waals surface area contributed by atoms with Crippen molar-refractivity contribution < 1.29 is 23.9 Å². The summed E-state index contributed by atoms with van der Waals surface area (Å²) in [7, 11) is 0. The summed E-state index contributed by atoms with van der Waals surface area (Å²) < 4.78 is 10.6. The number of nitrogens with two attached hydrogens (primary N) is 2. The Morgan fingerprint density at radius 3 is 2.67 bits per heavy atom. The minimum atomic E-state index is -0.980. The molecule has 0 saturated carbocycles. The molecule has 1 aliphatic rings. The lowest BCUT2D eigenvalue weighted by Gasteiger charge is -2.33. The molecule has 3 rings (SSSR count). The van der Waals surface area contributed by atoms with Gasteiger partial charge >= 0.3 is 5.97 Å². The van der Waals surface area contributed by atoms with Crippen molar-refractivity contribution in [3.8, 4) is 5.75 Å². The van der Waals surface area contributed by atoms with Crippen molar-refractivity contribution in [1.82, 2.24) is 0 Å². The van der Waals surface area contributed by atoms with Crippen molar-refractivity contribution >= 4 is 29.2 Å². The van der Waals surface area contributed by atoms with E-state index in [0.717, 1.165) is 5.56 Å². The number of carbonyl (C=O) groups excluding carboxylic acids is 3. The third-order valence-electron chi connectivity index (χ3n) is 4.26. The van der Waals surface area contributed by atoms with Crippen LogP contribution in [0.2, 0.25) is 0 Å². The van der Waals surface area contributed by atoms with E-state index in [4.69, 9.17) is 20.9 Å². The Morgan fingerprint density at radius 2 is 1.93 bits per heavy atom. The van der Waals surface area contributed by atoms with E-state index < -0.39 is 30.5 Å². The van der Waals surface area contributed by atoms with Crippen LogP contribution in [0.5, 0.6) is 5.75 Å². The molecule has 2 amide bonds. The number of ether oxygens (including phenoxy) is 2. The molecule has 0 spiro atoms. The van der Waals surface area contributed by atoms with Gasteiger partial charge in [-0.3, -0.25) is 9.59 Å². The number of hydrogen-bond acceptors (Lipinski definition) is 6. The van der Waals surface area contributed by atoms with Crippen LogP contribution >= 0.6 is 0 Å². The Balaban J connectivity index is 1.74. The zero-order valence-electron chi connectivity index (χ0n) is 14.7. The van der Waals surface area contributed by atoms with Crippen LogP contribution in [0.25, 0.3) is 0 Å². The van der Waals surface area contributed by atoms with Crippen LogP contribution < -0.4 is 21.1 Å². The number of carbonyl (C=O) groups is 3. The van der Waals surface area contributed by atoms with Crippen molar-refractivity contribution in [2.24, 2.45) is 5.73 Å². The Kier molecular flexibility index (Phi) is 4.98. The molecule has 1 atom stereocenters. The molecule has 8 heteroatoms. The summed E-state index contributed by atoms with van der Waals surface area (Å²) in [5, 5.41) is 0. The van der Waals surface area contributed by atoms with E-state index in [1.165, 1.54) is 11.0 Å². The number of aryl methyl sites for hydroxylation is 1. The van der Waals surface area contributed by atoms with E-state index in [1.807, 2.05) is 0 Å². The standard InChI is InChI=1S/C19H19N3O5/c1-11-5-4-6-12(17(11)20)19(25)26-10-16(23)22-9-15(18(21)24)27-14-8-3-2-7-13(14)22/h2-8,15H,9-10,20H2,1H3,(H2,21,24). The fourth-order valence-electron chi connectivity index (χ4n) is 2.76. The third kappa shape index (κ3) is 3.69. The summed E-state index contributed by atoms with van der Waals surface area (Å²) in [6, 6.07) is 11.7. The lowest BCUT2D eigenvalue weighted by molar-refractivity contribution is -0.126. The third-order valence-corrected chi connectivity index (χ3v) is 4.26. The quantitative estimate of drug-likeness (QED) is 0.612. The second-order valence-corrected chi connectivity index (χ2v) is 6.09. The van der Waals surface area contributed by atoms with Crippen molar-refractivity contribution in [3.63, 3.8) is 0 Å². The summed E-state index contributed by atoms with van der Waals surface area (Å²) in [4.78, 5) is 37.7. The molecule has 2 aromatic carbocycles. The van der Waals surface area contributed by atoms with E-state index in [9.17, 15) is 14.4 Å². The lowest BCUT2D eigenvalue weighted by Crippen LogP contribution is -2.50. The second-order valence-electron chi connectivity index (χ2n) is 6.09. The Bertz CT molecular complexity index is 912. The number of nitrogens with zero attached hydrogens (tertiary/aromatic N) is 1. The van der Waals surface area contributed by atoms with E-state index in [0.29, 0.717) is 17.1 Å². The van der Waals surface area contributed by atoms with Crippen LogP contribution in [0.15, 0.2) is 42.5 Å². The molecule has 0 bridgehead atoms. The molecular formula is C19H19N3O5. The van der Waals surface area contributed by atoms with Gasteiger partial charge in [0.2, 0.25) is 0 Å². The Morgan fingerprint density at radius 1 is 1.19 bits per heavy atom. The van der Waals surface area contributed by atoms with Gasteiger partial charge in [0.05, 0.1) is 17.8 Å². The number of benzene rings is 2. The molecule has 1 aliphatic heterocycles. The fourth-order valence-corrected chi connectivity index (χ4v) is 2.76. The summed E-state index contributed by atoms with van der Waals surface area (Å²) in [6.45, 7) is 1.20. The van der Waals surface area contributed by atoms with Crippen molar-refractivity contribution in [2.45, 2.75) is 13.0 Å². The maximum atomic E-state index is 12.6. The molecule has 0 aromatic heterocycles. The lowest BCUT2D eigenvalue weighted by atomic mass is 10.1. The number of fused-ring (bicyclic) bond motifs is 1. The van der Waals surface area contributed by atoms with Gasteiger partial charge in [-0.1, -0.05) is 24.3 Å². The smallest absolute Gasteiger partial charge is 0.340 e. The molecule has 1 unspecified atom stereocenters. The second kappa shape index (κ2) is 7.36. The molecule has 1 heterocycles. The van der Waals surface area contributed by atoms with Crippen LogP contribution in [-0.2, 0) is 14.3 Å². The van der Waals surface area contributed by atoms with Crippen LogP contribution in [0, 0.1) is 6.92 Å². The Hall–Kier alpha value is -3.55. The summed E-state index contributed by atoms with van der Waals surface area (Å²) in [5.74, 6) is -1.53. The topological polar surface area (TPSA) is 125 Å². The molecule has 0 fully saturated rings. The maximum absolute atomic E-state index is 12.6. The predicted octanol–water partition coefficient (Wildman–Crippen LogP) is 1.01. The molecule has 0 radical (unpaired) electrons. The summed E-state index contributed by atoms with van der Waals surface area (Å²) in [6.07, 6.45) is -0.980.